The fourth-order valence-corrected chi connectivity index (χ4v) is 3.29. The third-order valence-corrected chi connectivity index (χ3v) is 4.80. The van der Waals surface area contributed by atoms with Crippen LogP contribution in [0.5, 0.6) is 5.75 Å². The minimum Gasteiger partial charge on any atom is -0.487 e. The molecule has 0 aliphatic heterocycles. The predicted molar refractivity (Wildman–Crippen MR) is 113 cm³/mol. The Morgan fingerprint density at radius 3 is 1.89 bits per heavy atom. The van der Waals surface area contributed by atoms with Crippen molar-refractivity contribution in [1.82, 2.24) is 0 Å². The molecule has 4 aromatic carbocycles. The van der Waals surface area contributed by atoms with Crippen LogP contribution in [0.15, 0.2) is 103 Å². The summed E-state index contributed by atoms with van der Waals surface area (Å²) in [4.78, 5) is 0. The lowest BCUT2D eigenvalue weighted by atomic mass is 9.94. The summed E-state index contributed by atoms with van der Waals surface area (Å²) < 4.78 is 6.00. The molecule has 0 aliphatic carbocycles. The molecule has 0 unspecified atom stereocenters. The van der Waals surface area contributed by atoms with Gasteiger partial charge in [-0.05, 0) is 39.9 Å². The highest BCUT2D eigenvalue weighted by molar-refractivity contribution is 6.32. The molecule has 4 rings (SSSR count). The third kappa shape index (κ3) is 4.05. The number of benzene rings is 4. The van der Waals surface area contributed by atoms with Crippen LogP contribution in [-0.4, -0.2) is 0 Å². The Kier molecular flexibility index (Phi) is 5.22. The molecule has 0 N–H and O–H groups in total. The van der Waals surface area contributed by atoms with Gasteiger partial charge in [-0.2, -0.15) is 0 Å². The lowest BCUT2D eigenvalue weighted by molar-refractivity contribution is 0.306. The van der Waals surface area contributed by atoms with Crippen LogP contribution >= 0.6 is 11.6 Å². The van der Waals surface area contributed by atoms with Crippen molar-refractivity contribution in [3.8, 4) is 28.0 Å². The van der Waals surface area contributed by atoms with Crippen LogP contribution in [0.3, 0.4) is 0 Å². The van der Waals surface area contributed by atoms with Gasteiger partial charge in [0.05, 0.1) is 5.02 Å². The minimum atomic E-state index is 0.490. The third-order valence-electron chi connectivity index (χ3n) is 4.49. The van der Waals surface area contributed by atoms with E-state index < -0.39 is 0 Å². The maximum atomic E-state index is 6.38. The van der Waals surface area contributed by atoms with Gasteiger partial charge in [0.2, 0.25) is 0 Å². The number of rotatable bonds is 5. The molecule has 0 fully saturated rings. The molecule has 0 saturated carbocycles. The number of halogens is 1. The van der Waals surface area contributed by atoms with Crippen LogP contribution in [0.2, 0.25) is 5.02 Å². The Morgan fingerprint density at radius 1 is 0.593 bits per heavy atom. The van der Waals surface area contributed by atoms with E-state index in [1.807, 2.05) is 54.6 Å². The first-order valence-electron chi connectivity index (χ1n) is 8.92. The summed E-state index contributed by atoms with van der Waals surface area (Å²) in [6.45, 7) is 0.490. The SMILES string of the molecule is Clc1ccc(-c2ccccc2-c2ccccc2)cc1OCc1ccccc1. The van der Waals surface area contributed by atoms with Gasteiger partial charge < -0.3 is 4.74 Å². The second-order valence-electron chi connectivity index (χ2n) is 6.33. The van der Waals surface area contributed by atoms with Crippen LogP contribution in [0.4, 0.5) is 0 Å². The fraction of sp³-hybridized carbons (Fsp3) is 0.0400. The molecule has 2 heteroatoms. The molecule has 0 atom stereocenters. The van der Waals surface area contributed by atoms with Gasteiger partial charge in [0.1, 0.15) is 12.4 Å². The van der Waals surface area contributed by atoms with Gasteiger partial charge in [-0.15, -0.1) is 0 Å². The Hall–Kier alpha value is -3.03. The van der Waals surface area contributed by atoms with E-state index in [2.05, 4.69) is 48.5 Å². The highest BCUT2D eigenvalue weighted by Crippen LogP contribution is 2.36. The largest absolute Gasteiger partial charge is 0.487 e. The van der Waals surface area contributed by atoms with Crippen LogP contribution in [0.1, 0.15) is 5.56 Å². The van der Waals surface area contributed by atoms with Gasteiger partial charge in [0.25, 0.3) is 0 Å². The van der Waals surface area contributed by atoms with Crippen molar-refractivity contribution in [2.45, 2.75) is 6.61 Å². The summed E-state index contributed by atoms with van der Waals surface area (Å²) in [7, 11) is 0. The summed E-state index contributed by atoms with van der Waals surface area (Å²) in [5.74, 6) is 0.695. The molecule has 4 aromatic rings. The second kappa shape index (κ2) is 8.11. The zero-order valence-corrected chi connectivity index (χ0v) is 15.6. The Balaban J connectivity index is 1.68. The van der Waals surface area contributed by atoms with Gasteiger partial charge in [-0.1, -0.05) is 103 Å². The average Bonchev–Trinajstić information content (AvgIpc) is 2.74. The second-order valence-corrected chi connectivity index (χ2v) is 6.74. The van der Waals surface area contributed by atoms with E-state index in [-0.39, 0.29) is 0 Å². The van der Waals surface area contributed by atoms with Crippen molar-refractivity contribution < 1.29 is 4.74 Å². The summed E-state index contributed by atoms with van der Waals surface area (Å²) in [5.41, 5.74) is 5.74. The first-order valence-corrected chi connectivity index (χ1v) is 9.30. The molecule has 0 spiro atoms. The Bertz CT molecular complexity index is 1030. The van der Waals surface area contributed by atoms with Crippen molar-refractivity contribution in [2.24, 2.45) is 0 Å². The van der Waals surface area contributed by atoms with Crippen molar-refractivity contribution >= 4 is 11.6 Å². The van der Waals surface area contributed by atoms with Crippen LogP contribution < -0.4 is 4.74 Å². The summed E-state index contributed by atoms with van der Waals surface area (Å²) in [6.07, 6.45) is 0. The van der Waals surface area contributed by atoms with E-state index in [4.69, 9.17) is 16.3 Å². The summed E-state index contributed by atoms with van der Waals surface area (Å²) in [6, 6.07) is 34.9. The molecular formula is C25H19ClO. The van der Waals surface area contributed by atoms with E-state index in [0.717, 1.165) is 16.7 Å². The summed E-state index contributed by atoms with van der Waals surface area (Å²) >= 11 is 6.38. The quantitative estimate of drug-likeness (QED) is 0.359. The molecule has 1 nitrogen and oxygen atoms in total. The first-order chi connectivity index (χ1) is 13.3. The van der Waals surface area contributed by atoms with Gasteiger partial charge in [0, 0.05) is 0 Å². The summed E-state index contributed by atoms with van der Waals surface area (Å²) in [5, 5.41) is 0.617. The van der Waals surface area contributed by atoms with Crippen LogP contribution in [0, 0.1) is 0 Å². The average molecular weight is 371 g/mol. The van der Waals surface area contributed by atoms with Gasteiger partial charge in [-0.25, -0.2) is 0 Å². The van der Waals surface area contributed by atoms with Gasteiger partial charge in [0.15, 0.2) is 0 Å². The molecule has 0 radical (unpaired) electrons. The molecule has 0 saturated heterocycles. The normalized spacial score (nSPS) is 10.6. The molecule has 0 aliphatic rings. The Labute approximate surface area is 164 Å². The number of ether oxygens (including phenoxy) is 1. The Morgan fingerprint density at radius 2 is 1.19 bits per heavy atom. The lowest BCUT2D eigenvalue weighted by Crippen LogP contribution is -1.96. The van der Waals surface area contributed by atoms with Crippen molar-refractivity contribution in [1.29, 1.82) is 0 Å². The molecule has 0 amide bonds. The van der Waals surface area contributed by atoms with Crippen LogP contribution in [-0.2, 0) is 6.61 Å². The topological polar surface area (TPSA) is 9.23 Å². The number of hydrogen-bond acceptors (Lipinski definition) is 1. The van der Waals surface area contributed by atoms with Gasteiger partial charge in [-0.3, -0.25) is 0 Å². The molecule has 132 valence electrons. The van der Waals surface area contributed by atoms with E-state index in [1.165, 1.54) is 11.1 Å². The molecule has 0 heterocycles. The van der Waals surface area contributed by atoms with Gasteiger partial charge >= 0.3 is 0 Å². The first kappa shape index (κ1) is 17.4. The zero-order chi connectivity index (χ0) is 18.5. The van der Waals surface area contributed by atoms with Crippen molar-refractivity contribution in [3.05, 3.63) is 114 Å². The van der Waals surface area contributed by atoms with E-state index in [9.17, 15) is 0 Å². The highest BCUT2D eigenvalue weighted by atomic mass is 35.5. The molecular weight excluding hydrogens is 352 g/mol. The standard InChI is InChI=1S/C25H19ClO/c26-24-16-15-21(17-25(24)27-18-19-9-3-1-4-10-19)23-14-8-7-13-22(23)20-11-5-2-6-12-20/h1-17H,18H2. The smallest absolute Gasteiger partial charge is 0.139 e. The molecule has 0 bridgehead atoms. The molecule has 0 aromatic heterocycles. The fourth-order valence-electron chi connectivity index (χ4n) is 3.12. The van der Waals surface area contributed by atoms with Crippen molar-refractivity contribution in [3.63, 3.8) is 0 Å². The lowest BCUT2D eigenvalue weighted by Gasteiger charge is -2.13. The predicted octanol–water partition coefficient (Wildman–Crippen LogP) is 7.25. The van der Waals surface area contributed by atoms with E-state index >= 15 is 0 Å². The maximum absolute atomic E-state index is 6.38. The van der Waals surface area contributed by atoms with E-state index in [1.54, 1.807) is 0 Å². The minimum absolute atomic E-state index is 0.490. The monoisotopic (exact) mass is 370 g/mol. The zero-order valence-electron chi connectivity index (χ0n) is 14.8. The maximum Gasteiger partial charge on any atom is 0.139 e. The molecule has 27 heavy (non-hydrogen) atoms. The highest BCUT2D eigenvalue weighted by Gasteiger charge is 2.10. The number of hydrogen-bond donors (Lipinski definition) is 0. The van der Waals surface area contributed by atoms with Crippen molar-refractivity contribution in [2.75, 3.05) is 0 Å². The van der Waals surface area contributed by atoms with Crippen LogP contribution in [0.25, 0.3) is 22.3 Å². The van der Waals surface area contributed by atoms with E-state index in [0.29, 0.717) is 17.4 Å².